The van der Waals surface area contributed by atoms with Gasteiger partial charge in [0.2, 0.25) is 0 Å². The van der Waals surface area contributed by atoms with Crippen molar-refractivity contribution in [2.75, 3.05) is 11.5 Å². The van der Waals surface area contributed by atoms with Crippen LogP contribution in [0.15, 0.2) is 44.9 Å². The van der Waals surface area contributed by atoms with Gasteiger partial charge in [0.1, 0.15) is 5.58 Å². The van der Waals surface area contributed by atoms with Gasteiger partial charge in [0.25, 0.3) is 5.91 Å². The van der Waals surface area contributed by atoms with Crippen LogP contribution in [0.1, 0.15) is 33.0 Å². The Hall–Kier alpha value is -2.45. The highest BCUT2D eigenvalue weighted by molar-refractivity contribution is 7.91. The van der Waals surface area contributed by atoms with Gasteiger partial charge in [-0.25, -0.2) is 8.42 Å². The summed E-state index contributed by atoms with van der Waals surface area (Å²) in [6, 6.07) is 7.96. The van der Waals surface area contributed by atoms with E-state index in [4.69, 9.17) is 4.42 Å². The quantitative estimate of drug-likeness (QED) is 0.633. The molecular formula is C21H21NO5S2. The van der Waals surface area contributed by atoms with Crippen LogP contribution in [-0.2, 0) is 16.4 Å². The Morgan fingerprint density at radius 3 is 2.69 bits per heavy atom. The third kappa shape index (κ3) is 4.00. The van der Waals surface area contributed by atoms with Gasteiger partial charge >= 0.3 is 0 Å². The topological polar surface area (TPSA) is 84.7 Å². The van der Waals surface area contributed by atoms with E-state index in [1.807, 2.05) is 31.4 Å². The number of hydrogen-bond donors (Lipinski definition) is 0. The highest BCUT2D eigenvalue weighted by atomic mass is 32.2. The summed E-state index contributed by atoms with van der Waals surface area (Å²) in [5, 5.41) is 2.36. The summed E-state index contributed by atoms with van der Waals surface area (Å²) in [6.45, 7) is 4.13. The van der Waals surface area contributed by atoms with Crippen LogP contribution in [0.3, 0.4) is 0 Å². The smallest absolute Gasteiger partial charge is 0.290 e. The number of hydrogen-bond acceptors (Lipinski definition) is 6. The molecule has 6 nitrogen and oxygen atoms in total. The Labute approximate surface area is 172 Å². The summed E-state index contributed by atoms with van der Waals surface area (Å²) in [6.07, 6.45) is 0.384. The number of amides is 1. The van der Waals surface area contributed by atoms with Gasteiger partial charge in [-0.05, 0) is 49.4 Å². The van der Waals surface area contributed by atoms with Crippen LogP contribution in [0.25, 0.3) is 11.0 Å². The van der Waals surface area contributed by atoms with Crippen molar-refractivity contribution in [1.82, 2.24) is 4.90 Å². The molecule has 0 saturated carbocycles. The van der Waals surface area contributed by atoms with Gasteiger partial charge < -0.3 is 9.32 Å². The fraction of sp³-hybridized carbons (Fsp3) is 0.333. The predicted molar refractivity (Wildman–Crippen MR) is 113 cm³/mol. The number of rotatable bonds is 4. The average Bonchev–Trinajstić information content (AvgIpc) is 3.24. The van der Waals surface area contributed by atoms with Crippen LogP contribution in [0.5, 0.6) is 0 Å². The number of aryl methyl sites for hydroxylation is 2. The van der Waals surface area contributed by atoms with Crippen LogP contribution in [0, 0.1) is 13.8 Å². The number of thiophene rings is 1. The lowest BCUT2D eigenvalue weighted by Crippen LogP contribution is -2.40. The Kier molecular flexibility index (Phi) is 5.08. The zero-order valence-electron chi connectivity index (χ0n) is 16.2. The largest absolute Gasteiger partial charge is 0.451 e. The molecule has 0 spiro atoms. The lowest BCUT2D eigenvalue weighted by Gasteiger charge is -2.27. The van der Waals surface area contributed by atoms with Crippen LogP contribution in [-0.4, -0.2) is 36.8 Å². The maximum atomic E-state index is 13.3. The van der Waals surface area contributed by atoms with Crippen molar-refractivity contribution in [3.63, 3.8) is 0 Å². The van der Waals surface area contributed by atoms with E-state index in [-0.39, 0.29) is 29.2 Å². The van der Waals surface area contributed by atoms with Crippen molar-refractivity contribution in [1.29, 1.82) is 0 Å². The maximum Gasteiger partial charge on any atom is 0.290 e. The summed E-state index contributed by atoms with van der Waals surface area (Å²) in [4.78, 5) is 28.4. The van der Waals surface area contributed by atoms with Crippen LogP contribution < -0.4 is 5.43 Å². The molecule has 1 aliphatic rings. The van der Waals surface area contributed by atoms with E-state index < -0.39 is 21.8 Å². The standard InChI is InChI=1S/C21H21NO5S2/c1-13-3-4-18-16(9-13)17(23)10-19(27-18)21(24)22(11-20-14(2)5-7-28-20)15-6-8-29(25,26)12-15/h3-5,7,9-10,15H,6,8,11-12H2,1-2H3/t15-/m0/s1. The Balaban J connectivity index is 1.75. The van der Waals surface area contributed by atoms with E-state index in [0.29, 0.717) is 17.4 Å². The Morgan fingerprint density at radius 2 is 2.03 bits per heavy atom. The zero-order chi connectivity index (χ0) is 20.8. The van der Waals surface area contributed by atoms with Gasteiger partial charge in [-0.3, -0.25) is 9.59 Å². The molecule has 0 N–H and O–H groups in total. The second-order valence-electron chi connectivity index (χ2n) is 7.49. The minimum atomic E-state index is -3.18. The molecule has 0 aliphatic carbocycles. The van der Waals surface area contributed by atoms with Crippen molar-refractivity contribution >= 4 is 38.1 Å². The summed E-state index contributed by atoms with van der Waals surface area (Å²) in [5.74, 6) is -0.532. The molecule has 0 bridgehead atoms. The normalized spacial score (nSPS) is 18.2. The number of fused-ring (bicyclic) bond motifs is 1. The van der Waals surface area contributed by atoms with Gasteiger partial charge in [-0.15, -0.1) is 11.3 Å². The summed E-state index contributed by atoms with van der Waals surface area (Å²) >= 11 is 1.52. The second kappa shape index (κ2) is 7.42. The number of carbonyl (C=O) groups is 1. The molecule has 1 fully saturated rings. The number of sulfone groups is 1. The fourth-order valence-corrected chi connectivity index (χ4v) is 6.26. The molecule has 1 atom stereocenters. The van der Waals surface area contributed by atoms with Gasteiger partial charge in [0, 0.05) is 17.0 Å². The average molecular weight is 432 g/mol. The van der Waals surface area contributed by atoms with E-state index in [0.717, 1.165) is 16.0 Å². The molecule has 2 aromatic heterocycles. The summed E-state index contributed by atoms with van der Waals surface area (Å²) < 4.78 is 29.8. The number of benzene rings is 1. The lowest BCUT2D eigenvalue weighted by molar-refractivity contribution is 0.0650. The van der Waals surface area contributed by atoms with E-state index in [1.54, 1.807) is 17.0 Å². The highest BCUT2D eigenvalue weighted by Crippen LogP contribution is 2.26. The molecule has 8 heteroatoms. The molecule has 1 saturated heterocycles. The first kappa shape index (κ1) is 19.8. The molecule has 0 unspecified atom stereocenters. The summed E-state index contributed by atoms with van der Waals surface area (Å²) in [5.41, 5.74) is 2.03. The molecule has 3 heterocycles. The minimum Gasteiger partial charge on any atom is -0.451 e. The molecule has 29 heavy (non-hydrogen) atoms. The third-order valence-electron chi connectivity index (χ3n) is 5.29. The van der Waals surface area contributed by atoms with Crippen molar-refractivity contribution in [2.45, 2.75) is 32.9 Å². The predicted octanol–water partition coefficient (Wildman–Crippen LogP) is 3.30. The first-order valence-electron chi connectivity index (χ1n) is 9.32. The molecule has 1 aliphatic heterocycles. The lowest BCUT2D eigenvalue weighted by atomic mass is 10.1. The first-order chi connectivity index (χ1) is 13.7. The molecule has 152 valence electrons. The highest BCUT2D eigenvalue weighted by Gasteiger charge is 2.36. The second-order valence-corrected chi connectivity index (χ2v) is 10.7. The van der Waals surface area contributed by atoms with Crippen LogP contribution >= 0.6 is 11.3 Å². The van der Waals surface area contributed by atoms with Gasteiger partial charge in [-0.2, -0.15) is 0 Å². The van der Waals surface area contributed by atoms with E-state index >= 15 is 0 Å². The fourth-order valence-electron chi connectivity index (χ4n) is 3.63. The number of nitrogens with zero attached hydrogens (tertiary/aromatic N) is 1. The van der Waals surface area contributed by atoms with Crippen molar-refractivity contribution in [3.05, 3.63) is 67.7 Å². The van der Waals surface area contributed by atoms with Crippen molar-refractivity contribution in [3.8, 4) is 0 Å². The SMILES string of the molecule is Cc1ccc2oc(C(=O)N(Cc3sccc3C)[C@H]3CCS(=O)(=O)C3)cc(=O)c2c1. The molecule has 0 radical (unpaired) electrons. The zero-order valence-corrected chi connectivity index (χ0v) is 17.8. The molecule has 1 amide bonds. The van der Waals surface area contributed by atoms with Crippen molar-refractivity contribution < 1.29 is 17.6 Å². The van der Waals surface area contributed by atoms with Gasteiger partial charge in [0.05, 0.1) is 23.4 Å². The number of carbonyl (C=O) groups excluding carboxylic acids is 1. The van der Waals surface area contributed by atoms with Crippen molar-refractivity contribution in [2.24, 2.45) is 0 Å². The molecular weight excluding hydrogens is 410 g/mol. The van der Waals surface area contributed by atoms with Crippen LogP contribution in [0.4, 0.5) is 0 Å². The molecule has 4 rings (SSSR count). The van der Waals surface area contributed by atoms with E-state index in [1.165, 1.54) is 17.4 Å². The third-order valence-corrected chi connectivity index (χ3v) is 8.04. The first-order valence-corrected chi connectivity index (χ1v) is 12.0. The van der Waals surface area contributed by atoms with E-state index in [2.05, 4.69) is 0 Å². The minimum absolute atomic E-state index is 0.0613. The Bertz CT molecular complexity index is 1260. The molecule has 1 aromatic carbocycles. The van der Waals surface area contributed by atoms with Crippen LogP contribution in [0.2, 0.25) is 0 Å². The van der Waals surface area contributed by atoms with Gasteiger partial charge in [-0.1, -0.05) is 11.6 Å². The maximum absolute atomic E-state index is 13.3. The Morgan fingerprint density at radius 1 is 1.24 bits per heavy atom. The van der Waals surface area contributed by atoms with Gasteiger partial charge in [0.15, 0.2) is 21.0 Å². The van der Waals surface area contributed by atoms with E-state index in [9.17, 15) is 18.0 Å². The summed E-state index contributed by atoms with van der Waals surface area (Å²) in [7, 11) is -3.18. The monoisotopic (exact) mass is 431 g/mol. The molecule has 3 aromatic rings.